The first kappa shape index (κ1) is 21.4. The zero-order valence-electron chi connectivity index (χ0n) is 17.6. The van der Waals surface area contributed by atoms with Gasteiger partial charge in [-0.05, 0) is 43.7 Å². The Labute approximate surface area is 176 Å². The van der Waals surface area contributed by atoms with E-state index in [0.717, 1.165) is 22.6 Å². The summed E-state index contributed by atoms with van der Waals surface area (Å²) in [5.41, 5.74) is 3.66. The van der Waals surface area contributed by atoms with Crippen LogP contribution in [0, 0.1) is 6.92 Å². The number of aliphatic hydroxyl groups excluding tert-OH is 1. The molecule has 1 atom stereocenters. The summed E-state index contributed by atoms with van der Waals surface area (Å²) in [5.74, 6) is 1.93. The Kier molecular flexibility index (Phi) is 7.45. The Morgan fingerprint density at radius 3 is 2.53 bits per heavy atom. The van der Waals surface area contributed by atoms with E-state index in [1.54, 1.807) is 13.4 Å². The van der Waals surface area contributed by atoms with Crippen molar-refractivity contribution in [2.75, 3.05) is 20.2 Å². The van der Waals surface area contributed by atoms with Crippen LogP contribution in [0.1, 0.15) is 29.8 Å². The zero-order chi connectivity index (χ0) is 21.3. The fraction of sp³-hybridized carbons (Fsp3) is 0.304. The number of nitrogens with zero attached hydrogens (tertiary/aromatic N) is 2. The Hall–Kier alpha value is -3.32. The van der Waals surface area contributed by atoms with Crippen molar-refractivity contribution in [1.82, 2.24) is 15.6 Å². The number of nitrogens with one attached hydrogen (secondary N) is 2. The summed E-state index contributed by atoms with van der Waals surface area (Å²) in [5, 5.41) is 16.8. The number of methoxy groups -OCH3 is 1. The van der Waals surface area contributed by atoms with Gasteiger partial charge >= 0.3 is 0 Å². The van der Waals surface area contributed by atoms with Crippen molar-refractivity contribution in [2.24, 2.45) is 4.99 Å². The molecule has 0 aliphatic carbocycles. The van der Waals surface area contributed by atoms with E-state index in [4.69, 9.17) is 9.15 Å². The molecule has 2 aromatic carbocycles. The van der Waals surface area contributed by atoms with Gasteiger partial charge in [0.1, 0.15) is 17.7 Å². The highest BCUT2D eigenvalue weighted by Crippen LogP contribution is 2.19. The molecule has 7 nitrogen and oxygen atoms in total. The minimum Gasteiger partial charge on any atom is -0.497 e. The van der Waals surface area contributed by atoms with Crippen LogP contribution in [-0.2, 0) is 6.54 Å². The van der Waals surface area contributed by atoms with Gasteiger partial charge in [0.05, 0.1) is 19.8 Å². The SMILES string of the molecule is CCNC(=NCc1coc(-c2ccc(C)cc2)n1)NCC(O)c1ccc(OC)cc1. The smallest absolute Gasteiger partial charge is 0.226 e. The van der Waals surface area contributed by atoms with Crippen LogP contribution in [0.15, 0.2) is 64.2 Å². The average molecular weight is 409 g/mol. The van der Waals surface area contributed by atoms with E-state index in [9.17, 15) is 5.11 Å². The van der Waals surface area contributed by atoms with Crippen molar-refractivity contribution in [2.45, 2.75) is 26.5 Å². The molecule has 1 unspecified atom stereocenters. The van der Waals surface area contributed by atoms with Crippen molar-refractivity contribution >= 4 is 5.96 Å². The fourth-order valence-electron chi connectivity index (χ4n) is 2.85. The lowest BCUT2D eigenvalue weighted by molar-refractivity contribution is 0.180. The summed E-state index contributed by atoms with van der Waals surface area (Å²) in [6, 6.07) is 15.4. The molecule has 1 aromatic heterocycles. The fourth-order valence-corrected chi connectivity index (χ4v) is 2.85. The minimum atomic E-state index is -0.667. The van der Waals surface area contributed by atoms with E-state index >= 15 is 0 Å². The van der Waals surface area contributed by atoms with E-state index in [2.05, 4.69) is 20.6 Å². The number of rotatable bonds is 8. The maximum absolute atomic E-state index is 10.4. The minimum absolute atomic E-state index is 0.325. The van der Waals surface area contributed by atoms with Crippen LogP contribution in [0.5, 0.6) is 5.75 Å². The Balaban J connectivity index is 1.59. The summed E-state index contributed by atoms with van der Waals surface area (Å²) >= 11 is 0. The molecule has 3 aromatic rings. The number of ether oxygens (including phenoxy) is 1. The lowest BCUT2D eigenvalue weighted by Gasteiger charge is -2.15. The third-order valence-corrected chi connectivity index (χ3v) is 4.56. The number of aliphatic hydroxyl groups is 1. The predicted octanol–water partition coefficient (Wildman–Crippen LogP) is 3.45. The first-order valence-electron chi connectivity index (χ1n) is 9.94. The quantitative estimate of drug-likeness (QED) is 0.391. The summed E-state index contributed by atoms with van der Waals surface area (Å²) in [6.45, 7) is 5.43. The molecule has 0 bridgehead atoms. The normalized spacial score (nSPS) is 12.5. The molecule has 0 radical (unpaired) electrons. The molecule has 0 aliphatic rings. The predicted molar refractivity (Wildman–Crippen MR) is 117 cm³/mol. The van der Waals surface area contributed by atoms with Crippen molar-refractivity contribution < 1.29 is 14.3 Å². The van der Waals surface area contributed by atoms with E-state index in [1.807, 2.05) is 62.4 Å². The van der Waals surface area contributed by atoms with Crippen molar-refractivity contribution in [3.8, 4) is 17.2 Å². The second-order valence-corrected chi connectivity index (χ2v) is 6.88. The molecule has 0 saturated carbocycles. The zero-order valence-corrected chi connectivity index (χ0v) is 17.6. The number of aliphatic imine (C=N–C) groups is 1. The van der Waals surface area contributed by atoms with Gasteiger partial charge in [0.25, 0.3) is 0 Å². The second kappa shape index (κ2) is 10.5. The Morgan fingerprint density at radius 1 is 1.13 bits per heavy atom. The highest BCUT2D eigenvalue weighted by molar-refractivity contribution is 5.79. The highest BCUT2D eigenvalue weighted by atomic mass is 16.5. The summed E-state index contributed by atoms with van der Waals surface area (Å²) in [6.07, 6.45) is 0.953. The van der Waals surface area contributed by atoms with E-state index < -0.39 is 6.10 Å². The van der Waals surface area contributed by atoms with Crippen LogP contribution in [-0.4, -0.2) is 36.2 Å². The molecule has 3 rings (SSSR count). The number of aromatic nitrogens is 1. The van der Waals surface area contributed by atoms with Gasteiger partial charge in [-0.2, -0.15) is 0 Å². The number of benzene rings is 2. The molecular formula is C23H28N4O3. The van der Waals surface area contributed by atoms with E-state index in [0.29, 0.717) is 31.5 Å². The van der Waals surface area contributed by atoms with Gasteiger partial charge in [-0.25, -0.2) is 9.98 Å². The van der Waals surface area contributed by atoms with Gasteiger partial charge in [-0.15, -0.1) is 0 Å². The molecule has 0 fully saturated rings. The number of guanidine groups is 1. The maximum Gasteiger partial charge on any atom is 0.226 e. The van der Waals surface area contributed by atoms with Crippen molar-refractivity contribution in [3.63, 3.8) is 0 Å². The van der Waals surface area contributed by atoms with Gasteiger partial charge in [-0.3, -0.25) is 0 Å². The lowest BCUT2D eigenvalue weighted by Crippen LogP contribution is -2.39. The molecule has 0 amide bonds. The van der Waals surface area contributed by atoms with Crippen LogP contribution in [0.2, 0.25) is 0 Å². The molecule has 3 N–H and O–H groups in total. The number of hydrogen-bond acceptors (Lipinski definition) is 5. The summed E-state index contributed by atoms with van der Waals surface area (Å²) in [7, 11) is 1.62. The van der Waals surface area contributed by atoms with Gasteiger partial charge in [-0.1, -0.05) is 29.8 Å². The standard InChI is InChI=1S/C23H28N4O3/c1-4-24-23(26-14-21(28)17-9-11-20(29-3)12-10-17)25-13-19-15-30-22(27-19)18-7-5-16(2)6-8-18/h5-12,15,21,28H,4,13-14H2,1-3H3,(H2,24,25,26). The summed E-state index contributed by atoms with van der Waals surface area (Å²) < 4.78 is 10.7. The maximum atomic E-state index is 10.4. The first-order chi connectivity index (χ1) is 14.6. The van der Waals surface area contributed by atoms with Crippen LogP contribution < -0.4 is 15.4 Å². The summed E-state index contributed by atoms with van der Waals surface area (Å²) in [4.78, 5) is 9.05. The van der Waals surface area contributed by atoms with Gasteiger partial charge in [0, 0.05) is 18.7 Å². The van der Waals surface area contributed by atoms with E-state index in [-0.39, 0.29) is 0 Å². The number of hydrogen-bond donors (Lipinski definition) is 3. The van der Waals surface area contributed by atoms with Crippen LogP contribution >= 0.6 is 0 Å². The molecule has 0 saturated heterocycles. The molecule has 0 aliphatic heterocycles. The monoisotopic (exact) mass is 408 g/mol. The van der Waals surface area contributed by atoms with Gasteiger partial charge < -0.3 is 24.9 Å². The molecular weight excluding hydrogens is 380 g/mol. The molecule has 158 valence electrons. The molecule has 30 heavy (non-hydrogen) atoms. The molecule has 0 spiro atoms. The van der Waals surface area contributed by atoms with Crippen LogP contribution in [0.3, 0.4) is 0 Å². The van der Waals surface area contributed by atoms with Crippen LogP contribution in [0.25, 0.3) is 11.5 Å². The third kappa shape index (κ3) is 5.84. The number of aryl methyl sites for hydroxylation is 1. The third-order valence-electron chi connectivity index (χ3n) is 4.56. The number of oxazole rings is 1. The first-order valence-corrected chi connectivity index (χ1v) is 9.94. The Morgan fingerprint density at radius 2 is 1.87 bits per heavy atom. The Bertz CT molecular complexity index is 949. The second-order valence-electron chi connectivity index (χ2n) is 6.88. The lowest BCUT2D eigenvalue weighted by atomic mass is 10.1. The molecule has 1 heterocycles. The largest absolute Gasteiger partial charge is 0.497 e. The molecule has 7 heteroatoms. The van der Waals surface area contributed by atoms with Crippen molar-refractivity contribution in [1.29, 1.82) is 0 Å². The van der Waals surface area contributed by atoms with E-state index in [1.165, 1.54) is 5.56 Å². The van der Waals surface area contributed by atoms with Crippen LogP contribution in [0.4, 0.5) is 0 Å². The average Bonchev–Trinajstić information content (AvgIpc) is 3.25. The van der Waals surface area contributed by atoms with Gasteiger partial charge in [0.15, 0.2) is 5.96 Å². The topological polar surface area (TPSA) is 91.9 Å². The van der Waals surface area contributed by atoms with Gasteiger partial charge in [0.2, 0.25) is 5.89 Å². The highest BCUT2D eigenvalue weighted by Gasteiger charge is 2.10. The van der Waals surface area contributed by atoms with Crippen molar-refractivity contribution in [3.05, 3.63) is 71.6 Å².